The predicted molar refractivity (Wildman–Crippen MR) is 94.1 cm³/mol. The SMILES string of the molecule is C/C(=N\NC(=O)c1nc2nc(C)cc(C)n2n1)c1ccc(Br)cc1. The summed E-state index contributed by atoms with van der Waals surface area (Å²) < 4.78 is 2.52. The standard InChI is InChI=1S/C16H15BrN6O/c1-9-8-10(2)23-16(18-9)19-14(22-23)15(24)21-20-11(3)12-4-6-13(17)7-5-12/h4-8H,1-3H3,(H,21,24)/b20-11+. The predicted octanol–water partition coefficient (Wildman–Crippen LogP) is 2.66. The first kappa shape index (κ1) is 16.3. The second-order valence-corrected chi connectivity index (χ2v) is 6.25. The molecule has 2 heterocycles. The number of amides is 1. The second kappa shape index (κ2) is 6.48. The molecule has 0 aliphatic rings. The minimum Gasteiger partial charge on any atom is -0.264 e. The van der Waals surface area contributed by atoms with Crippen LogP contribution in [0, 0.1) is 13.8 Å². The quantitative estimate of drug-likeness (QED) is 0.553. The van der Waals surface area contributed by atoms with E-state index < -0.39 is 5.91 Å². The van der Waals surface area contributed by atoms with Crippen molar-refractivity contribution in [2.75, 3.05) is 0 Å². The molecule has 7 nitrogen and oxygen atoms in total. The van der Waals surface area contributed by atoms with E-state index in [9.17, 15) is 4.79 Å². The van der Waals surface area contributed by atoms with Crippen molar-refractivity contribution < 1.29 is 4.79 Å². The monoisotopic (exact) mass is 386 g/mol. The summed E-state index contributed by atoms with van der Waals surface area (Å²) in [5.74, 6) is -0.0520. The van der Waals surface area contributed by atoms with E-state index in [2.05, 4.69) is 41.5 Å². The lowest BCUT2D eigenvalue weighted by atomic mass is 10.1. The molecule has 0 saturated heterocycles. The molecule has 0 spiro atoms. The number of fused-ring (bicyclic) bond motifs is 1. The summed E-state index contributed by atoms with van der Waals surface area (Å²) >= 11 is 3.38. The molecule has 3 aromatic rings. The Kier molecular flexibility index (Phi) is 4.39. The number of benzene rings is 1. The molecule has 0 saturated carbocycles. The highest BCUT2D eigenvalue weighted by Gasteiger charge is 2.14. The van der Waals surface area contributed by atoms with Gasteiger partial charge in [0.15, 0.2) is 0 Å². The number of nitrogens with zero attached hydrogens (tertiary/aromatic N) is 5. The van der Waals surface area contributed by atoms with Crippen LogP contribution in [0.3, 0.4) is 0 Å². The summed E-state index contributed by atoms with van der Waals surface area (Å²) in [6.45, 7) is 5.57. The molecule has 2 aromatic heterocycles. The summed E-state index contributed by atoms with van der Waals surface area (Å²) in [6.07, 6.45) is 0. The van der Waals surface area contributed by atoms with Gasteiger partial charge in [-0.05, 0) is 44.5 Å². The fourth-order valence-corrected chi connectivity index (χ4v) is 2.47. The average molecular weight is 387 g/mol. The molecule has 1 aromatic carbocycles. The molecular formula is C16H15BrN6O. The maximum atomic E-state index is 12.2. The van der Waals surface area contributed by atoms with Gasteiger partial charge in [-0.1, -0.05) is 28.1 Å². The lowest BCUT2D eigenvalue weighted by Crippen LogP contribution is -2.20. The van der Waals surface area contributed by atoms with Gasteiger partial charge >= 0.3 is 5.91 Å². The van der Waals surface area contributed by atoms with E-state index in [1.54, 1.807) is 0 Å². The molecule has 0 unspecified atom stereocenters. The number of aromatic nitrogens is 4. The normalized spacial score (nSPS) is 11.8. The van der Waals surface area contributed by atoms with Crippen molar-refractivity contribution in [1.82, 2.24) is 25.0 Å². The Bertz CT molecular complexity index is 945. The van der Waals surface area contributed by atoms with Gasteiger partial charge in [-0.15, -0.1) is 5.10 Å². The van der Waals surface area contributed by atoms with E-state index in [0.717, 1.165) is 21.4 Å². The number of hydrogen-bond donors (Lipinski definition) is 1. The van der Waals surface area contributed by atoms with Crippen LogP contribution in [-0.2, 0) is 0 Å². The van der Waals surface area contributed by atoms with Crippen LogP contribution >= 0.6 is 15.9 Å². The lowest BCUT2D eigenvalue weighted by molar-refractivity contribution is 0.0944. The van der Waals surface area contributed by atoms with Gasteiger partial charge < -0.3 is 0 Å². The summed E-state index contributed by atoms with van der Waals surface area (Å²) in [4.78, 5) is 20.6. The van der Waals surface area contributed by atoms with Gasteiger partial charge in [0.1, 0.15) is 0 Å². The van der Waals surface area contributed by atoms with Gasteiger partial charge in [-0.25, -0.2) is 14.9 Å². The van der Waals surface area contributed by atoms with Crippen LogP contribution in [0.4, 0.5) is 0 Å². The van der Waals surface area contributed by atoms with Crippen LogP contribution in [-0.4, -0.2) is 31.2 Å². The highest BCUT2D eigenvalue weighted by molar-refractivity contribution is 9.10. The Morgan fingerprint density at radius 2 is 1.92 bits per heavy atom. The molecule has 0 aliphatic heterocycles. The van der Waals surface area contributed by atoms with Crippen molar-refractivity contribution in [2.45, 2.75) is 20.8 Å². The van der Waals surface area contributed by atoms with Crippen LogP contribution in [0.2, 0.25) is 0 Å². The fraction of sp³-hybridized carbons (Fsp3) is 0.188. The third-order valence-corrected chi connectivity index (χ3v) is 3.94. The second-order valence-electron chi connectivity index (χ2n) is 5.33. The van der Waals surface area contributed by atoms with Crippen molar-refractivity contribution in [3.05, 3.63) is 57.6 Å². The lowest BCUT2D eigenvalue weighted by Gasteiger charge is -2.01. The van der Waals surface area contributed by atoms with Gasteiger partial charge in [-0.2, -0.15) is 10.1 Å². The van der Waals surface area contributed by atoms with Gasteiger partial charge in [0.2, 0.25) is 5.82 Å². The van der Waals surface area contributed by atoms with E-state index in [-0.39, 0.29) is 5.82 Å². The summed E-state index contributed by atoms with van der Waals surface area (Å²) in [6, 6.07) is 9.52. The third-order valence-electron chi connectivity index (χ3n) is 3.41. The smallest absolute Gasteiger partial charge is 0.264 e. The van der Waals surface area contributed by atoms with E-state index in [1.165, 1.54) is 4.52 Å². The molecule has 24 heavy (non-hydrogen) atoms. The number of aryl methyl sites for hydroxylation is 2. The maximum Gasteiger partial charge on any atom is 0.311 e. The van der Waals surface area contributed by atoms with E-state index >= 15 is 0 Å². The zero-order valence-electron chi connectivity index (χ0n) is 13.4. The zero-order valence-corrected chi connectivity index (χ0v) is 15.0. The highest BCUT2D eigenvalue weighted by Crippen LogP contribution is 2.11. The molecule has 1 amide bonds. The minimum atomic E-state index is -0.478. The van der Waals surface area contributed by atoms with Crippen molar-refractivity contribution in [1.29, 1.82) is 0 Å². The first-order valence-corrected chi connectivity index (χ1v) is 8.05. The van der Waals surface area contributed by atoms with Crippen molar-refractivity contribution in [2.24, 2.45) is 5.10 Å². The van der Waals surface area contributed by atoms with Gasteiger partial charge in [0.05, 0.1) is 5.71 Å². The first-order chi connectivity index (χ1) is 11.4. The molecule has 122 valence electrons. The molecule has 8 heteroatoms. The number of carbonyl (C=O) groups excluding carboxylic acids is 1. The van der Waals surface area contributed by atoms with Crippen molar-refractivity contribution >= 4 is 33.3 Å². The fourth-order valence-electron chi connectivity index (χ4n) is 2.20. The number of nitrogens with one attached hydrogen (secondary N) is 1. The third kappa shape index (κ3) is 3.33. The van der Waals surface area contributed by atoms with Crippen LogP contribution in [0.15, 0.2) is 39.9 Å². The van der Waals surface area contributed by atoms with Gasteiger partial charge in [0, 0.05) is 15.9 Å². The Hall–Kier alpha value is -2.61. The minimum absolute atomic E-state index is 0.0311. The largest absolute Gasteiger partial charge is 0.311 e. The molecule has 0 atom stereocenters. The zero-order chi connectivity index (χ0) is 17.3. The van der Waals surface area contributed by atoms with Gasteiger partial charge in [-0.3, -0.25) is 4.79 Å². The van der Waals surface area contributed by atoms with Crippen molar-refractivity contribution in [3.63, 3.8) is 0 Å². The summed E-state index contributed by atoms with van der Waals surface area (Å²) in [5.41, 5.74) is 5.76. The van der Waals surface area contributed by atoms with Crippen LogP contribution in [0.5, 0.6) is 0 Å². The van der Waals surface area contributed by atoms with Gasteiger partial charge in [0.25, 0.3) is 5.78 Å². The average Bonchev–Trinajstić information content (AvgIpc) is 2.97. The highest BCUT2D eigenvalue weighted by atomic mass is 79.9. The Morgan fingerprint density at radius 1 is 1.21 bits per heavy atom. The van der Waals surface area contributed by atoms with Crippen molar-refractivity contribution in [3.8, 4) is 0 Å². The van der Waals surface area contributed by atoms with E-state index in [1.807, 2.05) is 51.1 Å². The molecule has 3 rings (SSSR count). The summed E-state index contributed by atoms with van der Waals surface area (Å²) in [5, 5.41) is 8.27. The Balaban J connectivity index is 1.81. The topological polar surface area (TPSA) is 84.5 Å². The number of hydrogen-bond acceptors (Lipinski definition) is 5. The van der Waals surface area contributed by atoms with Crippen LogP contribution < -0.4 is 5.43 Å². The van der Waals surface area contributed by atoms with Crippen LogP contribution in [0.25, 0.3) is 5.78 Å². The number of rotatable bonds is 3. The number of hydrazone groups is 1. The molecule has 0 fully saturated rings. The Morgan fingerprint density at radius 3 is 2.62 bits per heavy atom. The van der Waals surface area contributed by atoms with E-state index in [0.29, 0.717) is 11.5 Å². The van der Waals surface area contributed by atoms with Crippen LogP contribution in [0.1, 0.15) is 34.5 Å². The molecule has 0 bridgehead atoms. The first-order valence-electron chi connectivity index (χ1n) is 7.25. The number of halogens is 1. The Labute approximate surface area is 147 Å². The molecular weight excluding hydrogens is 372 g/mol. The number of carbonyl (C=O) groups is 1. The molecule has 0 radical (unpaired) electrons. The summed E-state index contributed by atoms with van der Waals surface area (Å²) in [7, 11) is 0. The molecule has 0 aliphatic carbocycles. The molecule has 1 N–H and O–H groups in total. The van der Waals surface area contributed by atoms with E-state index in [4.69, 9.17) is 0 Å². The maximum absolute atomic E-state index is 12.2.